The zero-order valence-corrected chi connectivity index (χ0v) is 16.8. The standard InChI is InChI=1S/C22H26N4O3/c1-15(2)12-26-14-24-19-10-16(11-23-21(19)26)22(27)25-18-7-3-4-8-20(18)29-13-17-6-5-9-28-17/h3-4,7-8,10-11,14-15,17H,5-6,9,12-13H2,1-2H3,(H,25,27). The Balaban J connectivity index is 1.47. The Morgan fingerprint density at radius 3 is 3.00 bits per heavy atom. The third kappa shape index (κ3) is 4.56. The number of hydrogen-bond donors (Lipinski definition) is 1. The molecule has 3 aromatic rings. The molecule has 0 saturated carbocycles. The first-order valence-electron chi connectivity index (χ1n) is 10.1. The van der Waals surface area contributed by atoms with Gasteiger partial charge in [-0.1, -0.05) is 26.0 Å². The van der Waals surface area contributed by atoms with Crippen molar-refractivity contribution >= 4 is 22.8 Å². The predicted octanol–water partition coefficient (Wildman–Crippen LogP) is 3.90. The minimum absolute atomic E-state index is 0.117. The molecule has 0 radical (unpaired) electrons. The number of amides is 1. The Hall–Kier alpha value is -2.93. The molecule has 0 bridgehead atoms. The average molecular weight is 394 g/mol. The number of nitrogens with one attached hydrogen (secondary N) is 1. The molecule has 7 nitrogen and oxygen atoms in total. The first-order chi connectivity index (χ1) is 14.1. The van der Waals surface area contributed by atoms with Crippen LogP contribution in [0.5, 0.6) is 5.75 Å². The van der Waals surface area contributed by atoms with Crippen molar-refractivity contribution in [3.63, 3.8) is 0 Å². The average Bonchev–Trinajstić information content (AvgIpc) is 3.37. The van der Waals surface area contributed by atoms with Crippen LogP contribution in [0, 0.1) is 5.92 Å². The van der Waals surface area contributed by atoms with Gasteiger partial charge in [-0.15, -0.1) is 0 Å². The zero-order chi connectivity index (χ0) is 20.2. The highest BCUT2D eigenvalue weighted by Crippen LogP contribution is 2.26. The third-order valence-electron chi connectivity index (χ3n) is 4.86. The van der Waals surface area contributed by atoms with Crippen molar-refractivity contribution in [1.82, 2.24) is 14.5 Å². The quantitative estimate of drug-likeness (QED) is 0.658. The van der Waals surface area contributed by atoms with Gasteiger partial charge >= 0.3 is 0 Å². The van der Waals surface area contributed by atoms with Gasteiger partial charge in [0.05, 0.1) is 23.7 Å². The zero-order valence-electron chi connectivity index (χ0n) is 16.8. The highest BCUT2D eigenvalue weighted by molar-refractivity contribution is 6.06. The van der Waals surface area contributed by atoms with Crippen LogP contribution in [0.1, 0.15) is 37.0 Å². The molecule has 1 unspecified atom stereocenters. The van der Waals surface area contributed by atoms with Gasteiger partial charge in [0.15, 0.2) is 5.65 Å². The van der Waals surface area contributed by atoms with Crippen LogP contribution in [0.4, 0.5) is 5.69 Å². The molecule has 7 heteroatoms. The molecule has 1 amide bonds. The summed E-state index contributed by atoms with van der Waals surface area (Å²) in [6.45, 7) is 6.39. The SMILES string of the molecule is CC(C)Cn1cnc2cc(C(=O)Nc3ccccc3OCC3CCCO3)cnc21. The lowest BCUT2D eigenvalue weighted by molar-refractivity contribution is 0.0682. The lowest BCUT2D eigenvalue weighted by atomic mass is 10.2. The molecule has 3 heterocycles. The molecule has 1 aliphatic heterocycles. The molecule has 152 valence electrons. The molecular weight excluding hydrogens is 368 g/mol. The van der Waals surface area contributed by atoms with E-state index in [4.69, 9.17) is 9.47 Å². The second-order valence-corrected chi connectivity index (χ2v) is 7.75. The van der Waals surface area contributed by atoms with Crippen LogP contribution >= 0.6 is 0 Å². The Kier molecular flexibility index (Phi) is 5.76. The van der Waals surface area contributed by atoms with Crippen molar-refractivity contribution in [2.24, 2.45) is 5.92 Å². The van der Waals surface area contributed by atoms with E-state index in [-0.39, 0.29) is 12.0 Å². The number of nitrogens with zero attached hydrogens (tertiary/aromatic N) is 3. The summed E-state index contributed by atoms with van der Waals surface area (Å²) in [5.41, 5.74) is 2.58. The van der Waals surface area contributed by atoms with Crippen molar-refractivity contribution < 1.29 is 14.3 Å². The van der Waals surface area contributed by atoms with Gasteiger partial charge in [0.1, 0.15) is 17.9 Å². The summed E-state index contributed by atoms with van der Waals surface area (Å²) >= 11 is 0. The van der Waals surface area contributed by atoms with E-state index in [1.54, 1.807) is 18.6 Å². The van der Waals surface area contributed by atoms with Crippen molar-refractivity contribution in [2.75, 3.05) is 18.5 Å². The van der Waals surface area contributed by atoms with E-state index in [1.807, 2.05) is 28.8 Å². The van der Waals surface area contributed by atoms with E-state index in [0.29, 0.717) is 35.0 Å². The van der Waals surface area contributed by atoms with E-state index < -0.39 is 0 Å². The number of para-hydroxylation sites is 2. The third-order valence-corrected chi connectivity index (χ3v) is 4.86. The van der Waals surface area contributed by atoms with Gasteiger partial charge in [-0.25, -0.2) is 9.97 Å². The number of benzene rings is 1. The van der Waals surface area contributed by atoms with Crippen LogP contribution in [-0.4, -0.2) is 39.8 Å². The monoisotopic (exact) mass is 394 g/mol. The fraction of sp³-hybridized carbons (Fsp3) is 0.409. The Labute approximate surface area is 170 Å². The fourth-order valence-corrected chi connectivity index (χ4v) is 3.45. The molecule has 1 N–H and O–H groups in total. The summed E-state index contributed by atoms with van der Waals surface area (Å²) in [4.78, 5) is 21.6. The van der Waals surface area contributed by atoms with Crippen LogP contribution in [0.25, 0.3) is 11.2 Å². The molecule has 1 aliphatic rings. The van der Waals surface area contributed by atoms with E-state index in [0.717, 1.165) is 31.6 Å². The Bertz CT molecular complexity index is 993. The molecule has 4 rings (SSSR count). The van der Waals surface area contributed by atoms with Gasteiger partial charge in [0.2, 0.25) is 0 Å². The summed E-state index contributed by atoms with van der Waals surface area (Å²) in [6.07, 6.45) is 5.55. The van der Waals surface area contributed by atoms with Crippen molar-refractivity contribution in [3.8, 4) is 5.75 Å². The molecule has 2 aromatic heterocycles. The second kappa shape index (κ2) is 8.61. The van der Waals surface area contributed by atoms with Crippen molar-refractivity contribution in [3.05, 3.63) is 48.4 Å². The summed E-state index contributed by atoms with van der Waals surface area (Å²) in [5.74, 6) is 0.876. The lowest BCUT2D eigenvalue weighted by Gasteiger charge is -2.15. The summed E-state index contributed by atoms with van der Waals surface area (Å²) in [5, 5.41) is 2.93. The summed E-state index contributed by atoms with van der Waals surface area (Å²) in [7, 11) is 0. The number of aromatic nitrogens is 3. The normalized spacial score (nSPS) is 16.4. The van der Waals surface area contributed by atoms with Gasteiger partial charge in [0.25, 0.3) is 5.91 Å². The maximum atomic E-state index is 12.8. The largest absolute Gasteiger partial charge is 0.489 e. The second-order valence-electron chi connectivity index (χ2n) is 7.75. The van der Waals surface area contributed by atoms with Crippen LogP contribution in [-0.2, 0) is 11.3 Å². The van der Waals surface area contributed by atoms with Crippen LogP contribution < -0.4 is 10.1 Å². The molecule has 1 saturated heterocycles. The molecule has 1 fully saturated rings. The molecule has 0 spiro atoms. The number of fused-ring (bicyclic) bond motifs is 1. The highest BCUT2D eigenvalue weighted by Gasteiger charge is 2.18. The summed E-state index contributed by atoms with van der Waals surface area (Å²) < 4.78 is 13.5. The van der Waals surface area contributed by atoms with Gasteiger partial charge < -0.3 is 19.4 Å². The van der Waals surface area contributed by atoms with Gasteiger partial charge in [-0.2, -0.15) is 0 Å². The maximum absolute atomic E-state index is 12.8. The van der Waals surface area contributed by atoms with Gasteiger partial charge in [-0.05, 0) is 37.0 Å². The predicted molar refractivity (Wildman–Crippen MR) is 111 cm³/mol. The van der Waals surface area contributed by atoms with Crippen LogP contribution in [0.15, 0.2) is 42.9 Å². The Morgan fingerprint density at radius 1 is 1.34 bits per heavy atom. The first kappa shape index (κ1) is 19.4. The number of carbonyl (C=O) groups excluding carboxylic acids is 1. The topological polar surface area (TPSA) is 78.3 Å². The minimum Gasteiger partial charge on any atom is -0.489 e. The number of imidazole rings is 1. The van der Waals surface area contributed by atoms with Crippen LogP contribution in [0.3, 0.4) is 0 Å². The first-order valence-corrected chi connectivity index (χ1v) is 10.1. The van der Waals surface area contributed by atoms with Crippen molar-refractivity contribution in [1.29, 1.82) is 0 Å². The number of pyridine rings is 1. The molecule has 1 atom stereocenters. The molecular formula is C22H26N4O3. The maximum Gasteiger partial charge on any atom is 0.257 e. The van der Waals surface area contributed by atoms with Gasteiger partial charge in [-0.3, -0.25) is 4.79 Å². The van der Waals surface area contributed by atoms with E-state index in [1.165, 1.54) is 0 Å². The summed E-state index contributed by atoms with van der Waals surface area (Å²) in [6, 6.07) is 9.19. The fourth-order valence-electron chi connectivity index (χ4n) is 3.45. The van der Waals surface area contributed by atoms with E-state index in [2.05, 4.69) is 29.1 Å². The molecule has 29 heavy (non-hydrogen) atoms. The van der Waals surface area contributed by atoms with E-state index in [9.17, 15) is 4.79 Å². The number of anilines is 1. The number of hydrogen-bond acceptors (Lipinski definition) is 5. The highest BCUT2D eigenvalue weighted by atomic mass is 16.5. The number of carbonyl (C=O) groups is 1. The minimum atomic E-state index is -0.244. The Morgan fingerprint density at radius 2 is 2.21 bits per heavy atom. The lowest BCUT2D eigenvalue weighted by Crippen LogP contribution is -2.18. The van der Waals surface area contributed by atoms with Crippen molar-refractivity contribution in [2.45, 2.75) is 39.3 Å². The molecule has 1 aromatic carbocycles. The smallest absolute Gasteiger partial charge is 0.257 e. The number of rotatable bonds is 7. The van der Waals surface area contributed by atoms with E-state index >= 15 is 0 Å². The van der Waals surface area contributed by atoms with Gasteiger partial charge in [0, 0.05) is 19.3 Å². The number of ether oxygens (including phenoxy) is 2. The molecule has 0 aliphatic carbocycles. The van der Waals surface area contributed by atoms with Crippen LogP contribution in [0.2, 0.25) is 0 Å².